The maximum atomic E-state index is 11.5. The summed E-state index contributed by atoms with van der Waals surface area (Å²) >= 11 is 0. The fraction of sp³-hybridized carbons (Fsp3) is 0.0833. The maximum absolute atomic E-state index is 11.5. The molecule has 0 aliphatic carbocycles. The Morgan fingerprint density at radius 1 is 1.25 bits per heavy atom. The zero-order valence-electron chi connectivity index (χ0n) is 8.67. The highest BCUT2D eigenvalue weighted by Crippen LogP contribution is 2.05. The molecular weight excluding hydrogens is 204 g/mol. The van der Waals surface area contributed by atoms with Crippen molar-refractivity contribution in [1.29, 1.82) is 0 Å². The number of nitrogen functional groups attached to an aromatic ring is 1. The SMILES string of the molecule is Nc1ccn(C(=O)OCc2ccccc2)c1. The van der Waals surface area contributed by atoms with E-state index in [-0.39, 0.29) is 6.61 Å². The van der Waals surface area contributed by atoms with Crippen LogP contribution in [0.1, 0.15) is 5.56 Å². The number of nitrogens with zero attached hydrogens (tertiary/aromatic N) is 1. The van der Waals surface area contributed by atoms with Crippen LogP contribution in [0.2, 0.25) is 0 Å². The number of carbonyl (C=O) groups excluding carboxylic acids is 1. The molecule has 0 amide bonds. The van der Waals surface area contributed by atoms with Crippen molar-refractivity contribution < 1.29 is 9.53 Å². The molecular formula is C12H12N2O2. The lowest BCUT2D eigenvalue weighted by molar-refractivity contribution is 0.141. The molecule has 0 bridgehead atoms. The molecule has 4 nitrogen and oxygen atoms in total. The third-order valence-electron chi connectivity index (χ3n) is 2.13. The number of benzene rings is 1. The average Bonchev–Trinajstić information content (AvgIpc) is 2.74. The second-order valence-electron chi connectivity index (χ2n) is 3.39. The van der Waals surface area contributed by atoms with Gasteiger partial charge in [0.2, 0.25) is 0 Å². The Morgan fingerprint density at radius 2 is 2.00 bits per heavy atom. The summed E-state index contributed by atoms with van der Waals surface area (Å²) in [6.45, 7) is 0.262. The van der Waals surface area contributed by atoms with Crippen molar-refractivity contribution in [2.75, 3.05) is 5.73 Å². The largest absolute Gasteiger partial charge is 0.444 e. The van der Waals surface area contributed by atoms with Crippen LogP contribution in [0.3, 0.4) is 0 Å². The van der Waals surface area contributed by atoms with Crippen LogP contribution in [0.4, 0.5) is 10.5 Å². The molecule has 2 rings (SSSR count). The first kappa shape index (κ1) is 10.3. The van der Waals surface area contributed by atoms with Crippen LogP contribution >= 0.6 is 0 Å². The lowest BCUT2D eigenvalue weighted by atomic mass is 10.2. The van der Waals surface area contributed by atoms with Crippen LogP contribution in [0, 0.1) is 0 Å². The van der Waals surface area contributed by atoms with Crippen molar-refractivity contribution in [2.45, 2.75) is 6.61 Å². The molecule has 1 aromatic heterocycles. The third-order valence-corrected chi connectivity index (χ3v) is 2.13. The highest BCUT2D eigenvalue weighted by molar-refractivity contribution is 5.71. The van der Waals surface area contributed by atoms with Crippen LogP contribution in [-0.2, 0) is 11.3 Å². The van der Waals surface area contributed by atoms with Gasteiger partial charge in [0.25, 0.3) is 0 Å². The molecule has 0 spiro atoms. The minimum absolute atomic E-state index is 0.262. The predicted molar refractivity (Wildman–Crippen MR) is 60.9 cm³/mol. The van der Waals surface area contributed by atoms with Crippen LogP contribution in [0.15, 0.2) is 48.8 Å². The molecule has 0 unspecified atom stereocenters. The van der Waals surface area contributed by atoms with Crippen LogP contribution in [-0.4, -0.2) is 10.7 Å². The van der Waals surface area contributed by atoms with E-state index < -0.39 is 6.09 Å². The van der Waals surface area contributed by atoms with Gasteiger partial charge >= 0.3 is 6.09 Å². The van der Waals surface area contributed by atoms with Crippen molar-refractivity contribution in [3.05, 3.63) is 54.4 Å². The van der Waals surface area contributed by atoms with Gasteiger partial charge in [0.15, 0.2) is 0 Å². The monoisotopic (exact) mass is 216 g/mol. The summed E-state index contributed by atoms with van der Waals surface area (Å²) in [6, 6.07) is 11.2. The molecule has 1 heterocycles. The number of aromatic nitrogens is 1. The topological polar surface area (TPSA) is 57.2 Å². The second kappa shape index (κ2) is 4.53. The van der Waals surface area contributed by atoms with Crippen molar-refractivity contribution in [3.63, 3.8) is 0 Å². The molecule has 16 heavy (non-hydrogen) atoms. The van der Waals surface area contributed by atoms with E-state index in [4.69, 9.17) is 10.5 Å². The summed E-state index contributed by atoms with van der Waals surface area (Å²) < 4.78 is 6.41. The molecule has 2 N–H and O–H groups in total. The summed E-state index contributed by atoms with van der Waals surface area (Å²) in [5.41, 5.74) is 6.99. The number of nitrogens with two attached hydrogens (primary N) is 1. The summed E-state index contributed by atoms with van der Waals surface area (Å²) in [5, 5.41) is 0. The molecule has 0 radical (unpaired) electrons. The molecule has 4 heteroatoms. The fourth-order valence-electron chi connectivity index (χ4n) is 1.32. The quantitative estimate of drug-likeness (QED) is 0.837. The minimum Gasteiger partial charge on any atom is -0.444 e. The molecule has 0 fully saturated rings. The molecule has 2 aromatic rings. The van der Waals surface area contributed by atoms with Crippen molar-refractivity contribution in [1.82, 2.24) is 4.57 Å². The Hall–Kier alpha value is -2.23. The lowest BCUT2D eigenvalue weighted by Gasteiger charge is -2.04. The lowest BCUT2D eigenvalue weighted by Crippen LogP contribution is -2.11. The highest BCUT2D eigenvalue weighted by Gasteiger charge is 2.05. The highest BCUT2D eigenvalue weighted by atomic mass is 16.5. The van der Waals surface area contributed by atoms with E-state index in [1.807, 2.05) is 30.3 Å². The van der Waals surface area contributed by atoms with Gasteiger partial charge in [-0.2, -0.15) is 0 Å². The van der Waals surface area contributed by atoms with Crippen molar-refractivity contribution >= 4 is 11.8 Å². The average molecular weight is 216 g/mol. The first-order valence-electron chi connectivity index (χ1n) is 4.90. The number of rotatable bonds is 2. The number of hydrogen-bond donors (Lipinski definition) is 1. The van der Waals surface area contributed by atoms with Gasteiger partial charge in [-0.1, -0.05) is 30.3 Å². The van der Waals surface area contributed by atoms with E-state index in [2.05, 4.69) is 0 Å². The van der Waals surface area contributed by atoms with Crippen molar-refractivity contribution in [2.24, 2.45) is 0 Å². The molecule has 0 saturated carbocycles. The van der Waals surface area contributed by atoms with Gasteiger partial charge < -0.3 is 10.5 Å². The zero-order valence-corrected chi connectivity index (χ0v) is 8.67. The van der Waals surface area contributed by atoms with E-state index in [9.17, 15) is 4.79 Å². The Morgan fingerprint density at radius 3 is 2.62 bits per heavy atom. The Bertz CT molecular complexity index is 477. The molecule has 0 atom stereocenters. The maximum Gasteiger partial charge on any atom is 0.418 e. The predicted octanol–water partition coefficient (Wildman–Crippen LogP) is 2.26. The molecule has 82 valence electrons. The number of anilines is 1. The minimum atomic E-state index is -0.430. The van der Waals surface area contributed by atoms with E-state index >= 15 is 0 Å². The summed E-state index contributed by atoms with van der Waals surface area (Å²) in [4.78, 5) is 11.5. The zero-order chi connectivity index (χ0) is 11.4. The fourth-order valence-corrected chi connectivity index (χ4v) is 1.32. The molecule has 1 aromatic carbocycles. The van der Waals surface area contributed by atoms with Gasteiger partial charge in [-0.3, -0.25) is 4.57 Å². The number of ether oxygens (including phenoxy) is 1. The van der Waals surface area contributed by atoms with Gasteiger partial charge in [-0.25, -0.2) is 4.79 Å². The standard InChI is InChI=1S/C12H12N2O2/c13-11-6-7-14(8-11)12(15)16-9-10-4-2-1-3-5-10/h1-8H,9,13H2. The van der Waals surface area contributed by atoms with E-state index in [0.29, 0.717) is 5.69 Å². The second-order valence-corrected chi connectivity index (χ2v) is 3.39. The van der Waals surface area contributed by atoms with Crippen LogP contribution in [0.25, 0.3) is 0 Å². The normalized spacial score (nSPS) is 10.0. The Kier molecular flexibility index (Phi) is 2.91. The first-order valence-corrected chi connectivity index (χ1v) is 4.90. The summed E-state index contributed by atoms with van der Waals surface area (Å²) in [7, 11) is 0. The van der Waals surface area contributed by atoms with Gasteiger partial charge in [0.1, 0.15) is 6.61 Å². The smallest absolute Gasteiger partial charge is 0.418 e. The summed E-state index contributed by atoms with van der Waals surface area (Å²) in [6.07, 6.45) is 2.66. The molecule has 0 saturated heterocycles. The first-order chi connectivity index (χ1) is 7.75. The summed E-state index contributed by atoms with van der Waals surface area (Å²) in [5.74, 6) is 0. The van der Waals surface area contributed by atoms with E-state index in [1.165, 1.54) is 10.8 Å². The van der Waals surface area contributed by atoms with Gasteiger partial charge in [-0.05, 0) is 11.6 Å². The van der Waals surface area contributed by atoms with Gasteiger partial charge in [0.05, 0.1) is 0 Å². The molecule has 0 aliphatic rings. The third kappa shape index (κ3) is 2.42. The van der Waals surface area contributed by atoms with E-state index in [1.54, 1.807) is 12.3 Å². The number of hydrogen-bond acceptors (Lipinski definition) is 3. The Labute approximate surface area is 93.3 Å². The Balaban J connectivity index is 1.94. The van der Waals surface area contributed by atoms with E-state index in [0.717, 1.165) is 5.56 Å². The number of carbonyl (C=O) groups is 1. The molecule has 0 aliphatic heterocycles. The van der Waals surface area contributed by atoms with Crippen molar-refractivity contribution in [3.8, 4) is 0 Å². The van der Waals surface area contributed by atoms with Gasteiger partial charge in [-0.15, -0.1) is 0 Å². The van der Waals surface area contributed by atoms with Crippen LogP contribution < -0.4 is 5.73 Å². The van der Waals surface area contributed by atoms with Gasteiger partial charge in [0, 0.05) is 18.1 Å². The van der Waals surface area contributed by atoms with Crippen LogP contribution in [0.5, 0.6) is 0 Å².